The van der Waals surface area contributed by atoms with Crippen molar-refractivity contribution in [3.05, 3.63) is 64.5 Å². The van der Waals surface area contributed by atoms with Crippen molar-refractivity contribution in [1.82, 2.24) is 19.3 Å². The smallest absolute Gasteiger partial charge is 0.267 e. The van der Waals surface area contributed by atoms with E-state index in [4.69, 9.17) is 5.41 Å². The summed E-state index contributed by atoms with van der Waals surface area (Å²) in [5.74, 6) is -0.353. The summed E-state index contributed by atoms with van der Waals surface area (Å²) in [4.78, 5) is 30.1. The van der Waals surface area contributed by atoms with Crippen LogP contribution in [0.1, 0.15) is 36.5 Å². The molecule has 0 fully saturated rings. The number of rotatable bonds is 7. The first-order valence-corrected chi connectivity index (χ1v) is 9.07. The van der Waals surface area contributed by atoms with Crippen LogP contribution in [0.2, 0.25) is 0 Å². The molecule has 0 aliphatic rings. The fraction of sp³-hybridized carbons (Fsp3) is 0.300. The van der Waals surface area contributed by atoms with Gasteiger partial charge in [-0.1, -0.05) is 31.9 Å². The van der Waals surface area contributed by atoms with Crippen LogP contribution in [-0.4, -0.2) is 26.4 Å². The highest BCUT2D eigenvalue weighted by Crippen LogP contribution is 2.10. The topological polar surface area (TPSA) is 92.2 Å². The molecule has 3 aromatic rings. The number of amides is 1. The van der Waals surface area contributed by atoms with Gasteiger partial charge in [0.25, 0.3) is 11.5 Å². The van der Waals surface area contributed by atoms with Gasteiger partial charge < -0.3 is 9.88 Å². The number of hydrogen-bond donors (Lipinski definition) is 2. The van der Waals surface area contributed by atoms with E-state index in [-0.39, 0.29) is 29.1 Å². The summed E-state index contributed by atoms with van der Waals surface area (Å²) in [7, 11) is 0. The monoisotopic (exact) mass is 365 g/mol. The van der Waals surface area contributed by atoms with Gasteiger partial charge in [0.2, 0.25) is 0 Å². The van der Waals surface area contributed by atoms with Gasteiger partial charge in [0.05, 0.1) is 10.9 Å². The molecule has 0 atom stereocenters. The number of nitrogens with zero attached hydrogens (tertiary/aromatic N) is 3. The molecule has 1 amide bonds. The molecule has 0 saturated carbocycles. The highest BCUT2D eigenvalue weighted by Gasteiger charge is 2.16. The van der Waals surface area contributed by atoms with Crippen LogP contribution in [0.15, 0.2) is 47.9 Å². The van der Waals surface area contributed by atoms with Crippen molar-refractivity contribution in [2.45, 2.75) is 32.7 Å². The summed E-state index contributed by atoms with van der Waals surface area (Å²) in [5.41, 5.74) is 0.772. The summed E-state index contributed by atoms with van der Waals surface area (Å²) in [5, 5.41) is 11.6. The first-order valence-electron chi connectivity index (χ1n) is 9.07. The molecular weight excluding hydrogens is 342 g/mol. The van der Waals surface area contributed by atoms with Gasteiger partial charge in [-0.15, -0.1) is 6.58 Å². The fourth-order valence-corrected chi connectivity index (χ4v) is 3.04. The van der Waals surface area contributed by atoms with Crippen molar-refractivity contribution in [2.24, 2.45) is 0 Å². The molecule has 7 heteroatoms. The highest BCUT2D eigenvalue weighted by molar-refractivity contribution is 5.96. The Morgan fingerprint density at radius 3 is 2.93 bits per heavy atom. The number of carbonyl (C=O) groups excluding carboxylic acids is 1. The lowest BCUT2D eigenvalue weighted by molar-refractivity contribution is 0.0950. The van der Waals surface area contributed by atoms with E-state index >= 15 is 0 Å². The van der Waals surface area contributed by atoms with Crippen molar-refractivity contribution in [1.29, 1.82) is 5.41 Å². The summed E-state index contributed by atoms with van der Waals surface area (Å²) in [6.07, 6.45) is 6.23. The standard InChI is InChI=1S/C20H23N5O2/c1-3-5-7-10-22-19(26)14-13-15-18(25(11-4-2)17(14)21)23-16-9-6-8-12-24(16)20(15)27/h4,6,8-9,12-13,21H,2-3,5,7,10-11H2,1H3,(H,22,26). The van der Waals surface area contributed by atoms with Crippen LogP contribution < -0.4 is 16.4 Å². The predicted molar refractivity (Wildman–Crippen MR) is 105 cm³/mol. The lowest BCUT2D eigenvalue weighted by Gasteiger charge is -2.13. The molecule has 27 heavy (non-hydrogen) atoms. The van der Waals surface area contributed by atoms with E-state index in [9.17, 15) is 9.59 Å². The van der Waals surface area contributed by atoms with Gasteiger partial charge in [0.15, 0.2) is 0 Å². The molecule has 0 aromatic carbocycles. The van der Waals surface area contributed by atoms with Crippen molar-refractivity contribution in [3.63, 3.8) is 0 Å². The molecule has 3 aromatic heterocycles. The zero-order chi connectivity index (χ0) is 19.4. The minimum atomic E-state index is -0.353. The molecule has 3 rings (SSSR count). The van der Waals surface area contributed by atoms with E-state index in [1.54, 1.807) is 30.5 Å². The predicted octanol–water partition coefficient (Wildman–Crippen LogP) is 2.23. The van der Waals surface area contributed by atoms with Gasteiger partial charge in [-0.2, -0.15) is 0 Å². The Morgan fingerprint density at radius 1 is 1.37 bits per heavy atom. The number of allylic oxidation sites excluding steroid dienone is 1. The number of nitrogens with one attached hydrogen (secondary N) is 2. The Labute approximate surface area is 156 Å². The molecule has 0 radical (unpaired) electrons. The summed E-state index contributed by atoms with van der Waals surface area (Å²) < 4.78 is 2.98. The van der Waals surface area contributed by atoms with Gasteiger partial charge in [-0.3, -0.25) is 19.4 Å². The molecule has 7 nitrogen and oxygen atoms in total. The van der Waals surface area contributed by atoms with Crippen molar-refractivity contribution in [2.75, 3.05) is 6.54 Å². The summed E-state index contributed by atoms with van der Waals surface area (Å²) in [6, 6.07) is 6.75. The van der Waals surface area contributed by atoms with E-state index in [1.165, 1.54) is 15.0 Å². The third-order valence-electron chi connectivity index (χ3n) is 4.44. The summed E-state index contributed by atoms with van der Waals surface area (Å²) in [6.45, 7) is 6.63. The van der Waals surface area contributed by atoms with E-state index in [0.29, 0.717) is 23.2 Å². The van der Waals surface area contributed by atoms with Crippen LogP contribution in [0, 0.1) is 5.41 Å². The second-order valence-corrected chi connectivity index (χ2v) is 6.35. The zero-order valence-electron chi connectivity index (χ0n) is 15.4. The Morgan fingerprint density at radius 2 is 2.19 bits per heavy atom. The maximum atomic E-state index is 12.9. The number of hydrogen-bond acceptors (Lipinski definition) is 4. The minimum Gasteiger partial charge on any atom is -0.352 e. The van der Waals surface area contributed by atoms with Gasteiger partial charge in [0, 0.05) is 19.3 Å². The number of fused-ring (bicyclic) bond motifs is 2. The normalized spacial score (nSPS) is 11.0. The maximum absolute atomic E-state index is 12.9. The van der Waals surface area contributed by atoms with E-state index < -0.39 is 0 Å². The van der Waals surface area contributed by atoms with Crippen molar-refractivity contribution < 1.29 is 4.79 Å². The molecule has 0 saturated heterocycles. The molecule has 0 unspecified atom stereocenters. The van der Waals surface area contributed by atoms with Gasteiger partial charge >= 0.3 is 0 Å². The molecule has 0 aliphatic carbocycles. The molecule has 3 heterocycles. The molecule has 0 spiro atoms. The molecule has 2 N–H and O–H groups in total. The Kier molecular flexibility index (Phi) is 5.49. The third kappa shape index (κ3) is 3.53. The van der Waals surface area contributed by atoms with Crippen LogP contribution in [0.3, 0.4) is 0 Å². The largest absolute Gasteiger partial charge is 0.352 e. The van der Waals surface area contributed by atoms with Gasteiger partial charge in [-0.25, -0.2) is 4.98 Å². The van der Waals surface area contributed by atoms with Crippen LogP contribution in [-0.2, 0) is 6.54 Å². The average molecular weight is 365 g/mol. The Bertz CT molecular complexity index is 1130. The first-order chi connectivity index (χ1) is 13.1. The van der Waals surface area contributed by atoms with Gasteiger partial charge in [-0.05, 0) is 24.6 Å². The number of aromatic nitrogens is 3. The summed E-state index contributed by atoms with van der Waals surface area (Å²) >= 11 is 0. The second kappa shape index (κ2) is 7.99. The van der Waals surface area contributed by atoms with Gasteiger partial charge in [0.1, 0.15) is 16.8 Å². The van der Waals surface area contributed by atoms with E-state index in [0.717, 1.165) is 19.3 Å². The third-order valence-corrected chi connectivity index (χ3v) is 4.44. The van der Waals surface area contributed by atoms with E-state index in [2.05, 4.69) is 23.8 Å². The minimum absolute atomic E-state index is 0.0163. The SMILES string of the molecule is C=CCn1c(=N)c(C(=O)NCCCCC)cc2c(=O)n3ccccc3nc21. The molecule has 0 bridgehead atoms. The maximum Gasteiger partial charge on any atom is 0.267 e. The first kappa shape index (κ1) is 18.6. The van der Waals surface area contributed by atoms with Crippen LogP contribution in [0.4, 0.5) is 0 Å². The lowest BCUT2D eigenvalue weighted by Crippen LogP contribution is -2.35. The van der Waals surface area contributed by atoms with Crippen LogP contribution in [0.25, 0.3) is 16.7 Å². The molecular formula is C20H23N5O2. The van der Waals surface area contributed by atoms with Crippen molar-refractivity contribution in [3.8, 4) is 0 Å². The fourth-order valence-electron chi connectivity index (χ4n) is 3.04. The second-order valence-electron chi connectivity index (χ2n) is 6.35. The highest BCUT2D eigenvalue weighted by atomic mass is 16.1. The number of unbranched alkanes of at least 4 members (excludes halogenated alkanes) is 2. The lowest BCUT2D eigenvalue weighted by atomic mass is 10.2. The average Bonchev–Trinajstić information content (AvgIpc) is 2.67. The Hall–Kier alpha value is -3.22. The van der Waals surface area contributed by atoms with E-state index in [1.807, 2.05) is 0 Å². The quantitative estimate of drug-likeness (QED) is 0.382. The number of carbonyl (C=O) groups is 1. The van der Waals surface area contributed by atoms with Crippen LogP contribution in [0.5, 0.6) is 0 Å². The number of pyridine rings is 2. The van der Waals surface area contributed by atoms with Crippen molar-refractivity contribution >= 4 is 22.6 Å². The Balaban J connectivity index is 2.19. The molecule has 0 aliphatic heterocycles. The molecule has 140 valence electrons. The zero-order valence-corrected chi connectivity index (χ0v) is 15.4. The van der Waals surface area contributed by atoms with Crippen LogP contribution >= 0.6 is 0 Å².